The van der Waals surface area contributed by atoms with Gasteiger partial charge in [0.1, 0.15) is 5.75 Å². The summed E-state index contributed by atoms with van der Waals surface area (Å²) >= 11 is 5.89. The third kappa shape index (κ3) is 6.27. The van der Waals surface area contributed by atoms with E-state index >= 15 is 0 Å². The standard InChI is InChI=1S/C18H17ClN2O6/c1-12-4-2-3-5-16(12)26-9-8-18(23)27-11-17(22)20-15-10-13(21(24)25)6-7-14(15)19/h2-7,10H,8-9,11H2,1H3,(H,20,22). The normalized spacial score (nSPS) is 10.1. The maximum Gasteiger partial charge on any atom is 0.309 e. The van der Waals surface area contributed by atoms with Gasteiger partial charge in [0.2, 0.25) is 0 Å². The van der Waals surface area contributed by atoms with Gasteiger partial charge in [0, 0.05) is 12.1 Å². The highest BCUT2D eigenvalue weighted by Gasteiger charge is 2.13. The number of hydrogen-bond acceptors (Lipinski definition) is 6. The van der Waals surface area contributed by atoms with E-state index in [9.17, 15) is 19.7 Å². The molecule has 2 aromatic carbocycles. The van der Waals surface area contributed by atoms with Crippen molar-refractivity contribution in [2.45, 2.75) is 13.3 Å². The Morgan fingerprint density at radius 3 is 2.67 bits per heavy atom. The van der Waals surface area contributed by atoms with Crippen molar-refractivity contribution in [3.05, 3.63) is 63.2 Å². The van der Waals surface area contributed by atoms with Gasteiger partial charge in [-0.05, 0) is 24.6 Å². The van der Waals surface area contributed by atoms with Gasteiger partial charge < -0.3 is 14.8 Å². The molecule has 2 rings (SSSR count). The second kappa shape index (κ2) is 9.54. The SMILES string of the molecule is Cc1ccccc1OCCC(=O)OCC(=O)Nc1cc([N+](=O)[O-])ccc1Cl. The second-order valence-corrected chi connectivity index (χ2v) is 5.90. The fraction of sp³-hybridized carbons (Fsp3) is 0.222. The van der Waals surface area contributed by atoms with Crippen LogP contribution in [0.3, 0.4) is 0 Å². The van der Waals surface area contributed by atoms with E-state index in [1.165, 1.54) is 12.1 Å². The van der Waals surface area contributed by atoms with Gasteiger partial charge in [0.15, 0.2) is 6.61 Å². The van der Waals surface area contributed by atoms with Gasteiger partial charge >= 0.3 is 5.97 Å². The molecule has 0 heterocycles. The Kier molecular flexibility index (Phi) is 7.13. The largest absolute Gasteiger partial charge is 0.493 e. The Bertz CT molecular complexity index is 855. The first-order chi connectivity index (χ1) is 12.9. The van der Waals surface area contributed by atoms with Crippen LogP contribution in [0, 0.1) is 17.0 Å². The minimum Gasteiger partial charge on any atom is -0.493 e. The summed E-state index contributed by atoms with van der Waals surface area (Å²) < 4.78 is 10.3. The molecule has 0 radical (unpaired) electrons. The van der Waals surface area contributed by atoms with Gasteiger partial charge in [-0.2, -0.15) is 0 Å². The number of nitro benzene ring substituents is 1. The number of anilines is 1. The summed E-state index contributed by atoms with van der Waals surface area (Å²) in [5.41, 5.74) is 0.786. The molecule has 1 amide bonds. The number of hydrogen-bond donors (Lipinski definition) is 1. The quantitative estimate of drug-likeness (QED) is 0.418. The van der Waals surface area contributed by atoms with Crippen LogP contribution in [-0.2, 0) is 14.3 Å². The number of carbonyl (C=O) groups excluding carboxylic acids is 2. The minimum absolute atomic E-state index is 0.0286. The molecule has 0 atom stereocenters. The smallest absolute Gasteiger partial charge is 0.309 e. The first kappa shape index (κ1) is 20.2. The van der Waals surface area contributed by atoms with E-state index in [-0.39, 0.29) is 29.4 Å². The highest BCUT2D eigenvalue weighted by Crippen LogP contribution is 2.26. The van der Waals surface area contributed by atoms with Crippen molar-refractivity contribution in [2.75, 3.05) is 18.5 Å². The van der Waals surface area contributed by atoms with Crippen molar-refractivity contribution in [3.8, 4) is 5.75 Å². The number of non-ortho nitro benzene ring substituents is 1. The Morgan fingerprint density at radius 1 is 1.22 bits per heavy atom. The van der Waals surface area contributed by atoms with Crippen LogP contribution in [0.4, 0.5) is 11.4 Å². The molecule has 142 valence electrons. The average Bonchev–Trinajstić information content (AvgIpc) is 2.63. The molecule has 8 nitrogen and oxygen atoms in total. The molecule has 2 aromatic rings. The maximum atomic E-state index is 11.8. The van der Waals surface area contributed by atoms with E-state index in [1.807, 2.05) is 25.1 Å². The van der Waals surface area contributed by atoms with E-state index in [1.54, 1.807) is 6.07 Å². The molecule has 0 aliphatic heterocycles. The number of amides is 1. The number of ether oxygens (including phenoxy) is 2. The zero-order chi connectivity index (χ0) is 19.8. The van der Waals surface area contributed by atoms with E-state index in [4.69, 9.17) is 21.1 Å². The third-order valence-electron chi connectivity index (χ3n) is 3.46. The number of esters is 1. The van der Waals surface area contributed by atoms with Crippen LogP contribution in [-0.4, -0.2) is 30.0 Å². The number of para-hydroxylation sites is 1. The molecule has 0 unspecified atom stereocenters. The maximum absolute atomic E-state index is 11.8. The van der Waals surface area contributed by atoms with Crippen molar-refractivity contribution in [2.24, 2.45) is 0 Å². The molecule has 0 aliphatic rings. The predicted octanol–water partition coefficient (Wildman–Crippen LogP) is 3.51. The Hall–Kier alpha value is -3.13. The zero-order valence-corrected chi connectivity index (χ0v) is 15.2. The Balaban J connectivity index is 1.77. The monoisotopic (exact) mass is 392 g/mol. The lowest BCUT2D eigenvalue weighted by Crippen LogP contribution is -2.22. The Labute approximate surface area is 160 Å². The van der Waals surface area contributed by atoms with Crippen LogP contribution < -0.4 is 10.1 Å². The molecule has 0 aromatic heterocycles. The molecule has 0 spiro atoms. The lowest BCUT2D eigenvalue weighted by molar-refractivity contribution is -0.384. The third-order valence-corrected chi connectivity index (χ3v) is 3.79. The molecule has 0 saturated heterocycles. The number of aryl methyl sites for hydroxylation is 1. The molecule has 0 fully saturated rings. The van der Waals surface area contributed by atoms with Crippen LogP contribution in [0.5, 0.6) is 5.75 Å². The summed E-state index contributed by atoms with van der Waals surface area (Å²) in [5.74, 6) is -0.599. The van der Waals surface area contributed by atoms with Crippen molar-refractivity contribution in [1.82, 2.24) is 0 Å². The van der Waals surface area contributed by atoms with Crippen LogP contribution in [0.1, 0.15) is 12.0 Å². The van der Waals surface area contributed by atoms with Gasteiger partial charge in [-0.15, -0.1) is 0 Å². The molecule has 27 heavy (non-hydrogen) atoms. The zero-order valence-electron chi connectivity index (χ0n) is 14.4. The van der Waals surface area contributed by atoms with E-state index < -0.39 is 23.4 Å². The number of benzene rings is 2. The van der Waals surface area contributed by atoms with Crippen molar-refractivity contribution in [1.29, 1.82) is 0 Å². The lowest BCUT2D eigenvalue weighted by atomic mass is 10.2. The Morgan fingerprint density at radius 2 is 1.96 bits per heavy atom. The number of nitrogens with zero attached hydrogens (tertiary/aromatic N) is 1. The van der Waals surface area contributed by atoms with Gasteiger partial charge in [-0.1, -0.05) is 29.8 Å². The average molecular weight is 393 g/mol. The van der Waals surface area contributed by atoms with Crippen LogP contribution >= 0.6 is 11.6 Å². The molecule has 0 bridgehead atoms. The first-order valence-corrected chi connectivity index (χ1v) is 8.32. The fourth-order valence-corrected chi connectivity index (χ4v) is 2.25. The first-order valence-electron chi connectivity index (χ1n) is 7.94. The van der Waals surface area contributed by atoms with Gasteiger partial charge in [0.05, 0.1) is 28.7 Å². The van der Waals surface area contributed by atoms with Crippen LogP contribution in [0.15, 0.2) is 42.5 Å². The van der Waals surface area contributed by atoms with Crippen molar-refractivity contribution >= 4 is 34.9 Å². The van der Waals surface area contributed by atoms with E-state index in [2.05, 4.69) is 5.32 Å². The molecule has 1 N–H and O–H groups in total. The topological polar surface area (TPSA) is 108 Å². The molecule has 9 heteroatoms. The molecule has 0 saturated carbocycles. The van der Waals surface area contributed by atoms with Crippen LogP contribution in [0.2, 0.25) is 5.02 Å². The van der Waals surface area contributed by atoms with Crippen molar-refractivity contribution < 1.29 is 24.0 Å². The summed E-state index contributed by atoms with van der Waals surface area (Å²) in [6.07, 6.45) is -0.0286. The van der Waals surface area contributed by atoms with E-state index in [0.29, 0.717) is 5.75 Å². The number of nitro groups is 1. The minimum atomic E-state index is -0.662. The molecular formula is C18H17ClN2O6. The predicted molar refractivity (Wildman–Crippen MR) is 99.0 cm³/mol. The summed E-state index contributed by atoms with van der Waals surface area (Å²) in [6.45, 7) is 1.46. The van der Waals surface area contributed by atoms with E-state index in [0.717, 1.165) is 11.6 Å². The van der Waals surface area contributed by atoms with Gasteiger partial charge in [-0.3, -0.25) is 19.7 Å². The summed E-state index contributed by atoms with van der Waals surface area (Å²) in [4.78, 5) is 33.7. The number of carbonyl (C=O) groups is 2. The highest BCUT2D eigenvalue weighted by atomic mass is 35.5. The number of rotatable bonds is 8. The second-order valence-electron chi connectivity index (χ2n) is 5.49. The number of nitrogens with one attached hydrogen (secondary N) is 1. The van der Waals surface area contributed by atoms with Gasteiger partial charge in [0.25, 0.3) is 11.6 Å². The lowest BCUT2D eigenvalue weighted by Gasteiger charge is -2.09. The van der Waals surface area contributed by atoms with Gasteiger partial charge in [-0.25, -0.2) is 0 Å². The molecule has 0 aliphatic carbocycles. The summed E-state index contributed by atoms with van der Waals surface area (Å²) in [7, 11) is 0. The number of halogens is 1. The highest BCUT2D eigenvalue weighted by molar-refractivity contribution is 6.33. The fourth-order valence-electron chi connectivity index (χ4n) is 2.09. The van der Waals surface area contributed by atoms with Crippen molar-refractivity contribution in [3.63, 3.8) is 0 Å². The summed E-state index contributed by atoms with van der Waals surface area (Å²) in [6, 6.07) is 11.0. The van der Waals surface area contributed by atoms with Crippen LogP contribution in [0.25, 0.3) is 0 Å². The summed E-state index contributed by atoms with van der Waals surface area (Å²) in [5, 5.41) is 13.3. The molecular weight excluding hydrogens is 376 g/mol.